The summed E-state index contributed by atoms with van der Waals surface area (Å²) in [7, 11) is 1.58. The van der Waals surface area contributed by atoms with E-state index in [1.165, 1.54) is 0 Å². The van der Waals surface area contributed by atoms with Gasteiger partial charge in [-0.15, -0.1) is 0 Å². The summed E-state index contributed by atoms with van der Waals surface area (Å²) in [6.07, 6.45) is 0. The lowest BCUT2D eigenvalue weighted by Gasteiger charge is -2.18. The summed E-state index contributed by atoms with van der Waals surface area (Å²) in [6.45, 7) is 4.93. The van der Waals surface area contributed by atoms with E-state index in [0.29, 0.717) is 26.4 Å². The van der Waals surface area contributed by atoms with Gasteiger partial charge in [-0.2, -0.15) is 0 Å². The quantitative estimate of drug-likeness (QED) is 0.510. The van der Waals surface area contributed by atoms with Gasteiger partial charge >= 0.3 is 12.0 Å². The predicted molar refractivity (Wildman–Crippen MR) is 65.5 cm³/mol. The zero-order valence-electron chi connectivity index (χ0n) is 11.1. The lowest BCUT2D eigenvalue weighted by atomic mass is 10.0. The van der Waals surface area contributed by atoms with E-state index >= 15 is 0 Å². The molecule has 2 atom stereocenters. The summed E-state index contributed by atoms with van der Waals surface area (Å²) in [5.41, 5.74) is 0. The number of methoxy groups -OCH3 is 1. The van der Waals surface area contributed by atoms with Crippen molar-refractivity contribution in [2.75, 3.05) is 33.5 Å². The maximum atomic E-state index is 11.4. The van der Waals surface area contributed by atoms with Crippen LogP contribution < -0.4 is 10.6 Å². The fourth-order valence-electron chi connectivity index (χ4n) is 1.08. The van der Waals surface area contributed by atoms with Gasteiger partial charge in [0.1, 0.15) is 0 Å². The summed E-state index contributed by atoms with van der Waals surface area (Å²) in [5, 5.41) is 13.9. The smallest absolute Gasteiger partial charge is 0.315 e. The third kappa shape index (κ3) is 7.86. The molecule has 0 fully saturated rings. The van der Waals surface area contributed by atoms with Crippen molar-refractivity contribution < 1.29 is 24.2 Å². The standard InChI is InChI=1S/C11H22N2O5/c1-8(10(14)15)9(2)13-11(16)12-4-5-18-7-6-17-3/h8-9H,4-7H2,1-3H3,(H,14,15)(H2,12,13,16). The average Bonchev–Trinajstić information content (AvgIpc) is 2.32. The summed E-state index contributed by atoms with van der Waals surface area (Å²) in [6, 6.07) is -0.831. The highest BCUT2D eigenvalue weighted by Crippen LogP contribution is 2.01. The average molecular weight is 262 g/mol. The van der Waals surface area contributed by atoms with Crippen molar-refractivity contribution in [3.8, 4) is 0 Å². The Morgan fingerprint density at radius 2 is 1.89 bits per heavy atom. The van der Waals surface area contributed by atoms with Crippen LogP contribution in [0, 0.1) is 5.92 Å². The van der Waals surface area contributed by atoms with Crippen LogP contribution in [0.15, 0.2) is 0 Å². The van der Waals surface area contributed by atoms with Crippen molar-refractivity contribution in [1.82, 2.24) is 10.6 Å². The van der Waals surface area contributed by atoms with E-state index in [2.05, 4.69) is 10.6 Å². The molecule has 3 N–H and O–H groups in total. The van der Waals surface area contributed by atoms with E-state index in [-0.39, 0.29) is 0 Å². The van der Waals surface area contributed by atoms with Gasteiger partial charge in [-0.25, -0.2) is 4.79 Å². The second kappa shape index (κ2) is 9.67. The van der Waals surface area contributed by atoms with E-state index in [1.54, 1.807) is 21.0 Å². The van der Waals surface area contributed by atoms with Crippen molar-refractivity contribution in [1.29, 1.82) is 0 Å². The Morgan fingerprint density at radius 3 is 2.44 bits per heavy atom. The van der Waals surface area contributed by atoms with Crippen LogP contribution in [0.2, 0.25) is 0 Å². The van der Waals surface area contributed by atoms with Gasteiger partial charge in [0, 0.05) is 19.7 Å². The van der Waals surface area contributed by atoms with Crippen molar-refractivity contribution in [2.24, 2.45) is 5.92 Å². The minimum absolute atomic E-state index is 0.365. The number of rotatable bonds is 9. The number of amides is 2. The zero-order valence-corrected chi connectivity index (χ0v) is 11.1. The number of hydrogen-bond acceptors (Lipinski definition) is 4. The third-order valence-electron chi connectivity index (χ3n) is 2.46. The van der Waals surface area contributed by atoms with Crippen LogP contribution >= 0.6 is 0 Å². The van der Waals surface area contributed by atoms with Crippen molar-refractivity contribution in [2.45, 2.75) is 19.9 Å². The molecule has 0 spiro atoms. The third-order valence-corrected chi connectivity index (χ3v) is 2.46. The first kappa shape index (κ1) is 16.7. The first-order chi connectivity index (χ1) is 8.49. The summed E-state index contributed by atoms with van der Waals surface area (Å²) >= 11 is 0. The molecule has 7 nitrogen and oxygen atoms in total. The normalized spacial score (nSPS) is 13.7. The van der Waals surface area contributed by atoms with Crippen molar-refractivity contribution >= 4 is 12.0 Å². The van der Waals surface area contributed by atoms with Crippen molar-refractivity contribution in [3.05, 3.63) is 0 Å². The number of nitrogens with one attached hydrogen (secondary N) is 2. The topological polar surface area (TPSA) is 96.9 Å². The molecule has 0 rings (SSSR count). The van der Waals surface area contributed by atoms with Gasteiger partial charge in [0.15, 0.2) is 0 Å². The number of ether oxygens (including phenoxy) is 2. The number of carbonyl (C=O) groups excluding carboxylic acids is 1. The number of hydrogen-bond donors (Lipinski definition) is 3. The largest absolute Gasteiger partial charge is 0.481 e. The molecule has 0 saturated heterocycles. The monoisotopic (exact) mass is 262 g/mol. The Bertz CT molecular complexity index is 260. The van der Waals surface area contributed by atoms with Crippen LogP contribution in [0.3, 0.4) is 0 Å². The number of carbonyl (C=O) groups is 2. The molecule has 7 heteroatoms. The predicted octanol–water partition coefficient (Wildman–Crippen LogP) is 0.0578. The van der Waals surface area contributed by atoms with Gasteiger partial charge in [-0.1, -0.05) is 0 Å². The van der Waals surface area contributed by atoms with Gasteiger partial charge < -0.3 is 25.2 Å². The van der Waals surface area contributed by atoms with E-state index in [4.69, 9.17) is 14.6 Å². The molecule has 0 aliphatic rings. The highest BCUT2D eigenvalue weighted by atomic mass is 16.5. The van der Waals surface area contributed by atoms with E-state index in [1.807, 2.05) is 0 Å². The first-order valence-corrected chi connectivity index (χ1v) is 5.83. The molecule has 0 aromatic heterocycles. The van der Waals surface area contributed by atoms with Crippen LogP contribution in [0.4, 0.5) is 4.79 Å². The number of urea groups is 1. The van der Waals surface area contributed by atoms with Gasteiger partial charge in [-0.3, -0.25) is 4.79 Å². The summed E-state index contributed by atoms with van der Waals surface area (Å²) < 4.78 is 9.94. The highest BCUT2D eigenvalue weighted by molar-refractivity contribution is 5.76. The highest BCUT2D eigenvalue weighted by Gasteiger charge is 2.20. The van der Waals surface area contributed by atoms with Crippen LogP contribution in [0.5, 0.6) is 0 Å². The Kier molecular flexibility index (Phi) is 8.95. The minimum Gasteiger partial charge on any atom is -0.481 e. The van der Waals surface area contributed by atoms with Gasteiger partial charge in [0.2, 0.25) is 0 Å². The molecule has 106 valence electrons. The Balaban J connectivity index is 3.62. The Hall–Kier alpha value is -1.34. The lowest BCUT2D eigenvalue weighted by molar-refractivity contribution is -0.141. The molecular formula is C11H22N2O5. The minimum atomic E-state index is -0.939. The molecule has 0 aliphatic carbocycles. The molecule has 18 heavy (non-hydrogen) atoms. The fraction of sp³-hybridized carbons (Fsp3) is 0.818. The molecule has 0 aromatic rings. The number of carboxylic acids is 1. The fourth-order valence-corrected chi connectivity index (χ4v) is 1.08. The van der Waals surface area contributed by atoms with Crippen molar-refractivity contribution in [3.63, 3.8) is 0 Å². The molecular weight excluding hydrogens is 240 g/mol. The van der Waals surface area contributed by atoms with Gasteiger partial charge in [-0.05, 0) is 13.8 Å². The summed E-state index contributed by atoms with van der Waals surface area (Å²) in [5.74, 6) is -1.57. The molecule has 0 heterocycles. The van der Waals surface area contributed by atoms with E-state index in [0.717, 1.165) is 0 Å². The molecule has 0 bridgehead atoms. The lowest BCUT2D eigenvalue weighted by Crippen LogP contribution is -2.46. The Morgan fingerprint density at radius 1 is 1.22 bits per heavy atom. The second-order valence-corrected chi connectivity index (χ2v) is 3.92. The maximum absolute atomic E-state index is 11.4. The molecule has 2 unspecified atom stereocenters. The van der Waals surface area contributed by atoms with Crippen LogP contribution in [-0.2, 0) is 14.3 Å². The molecule has 0 aromatic carbocycles. The second-order valence-electron chi connectivity index (χ2n) is 3.92. The number of aliphatic carboxylic acids is 1. The SMILES string of the molecule is COCCOCCNC(=O)NC(C)C(C)C(=O)O. The van der Waals surface area contributed by atoms with E-state index < -0.39 is 24.0 Å². The first-order valence-electron chi connectivity index (χ1n) is 5.83. The van der Waals surface area contributed by atoms with Gasteiger partial charge in [0.25, 0.3) is 0 Å². The molecule has 0 saturated carbocycles. The number of carboxylic acid groups (broad SMARTS) is 1. The molecule has 0 aliphatic heterocycles. The molecule has 2 amide bonds. The molecule has 0 radical (unpaired) electrons. The van der Waals surface area contributed by atoms with Crippen LogP contribution in [0.25, 0.3) is 0 Å². The summed E-state index contributed by atoms with van der Waals surface area (Å²) in [4.78, 5) is 22.1. The zero-order chi connectivity index (χ0) is 14.0. The van der Waals surface area contributed by atoms with Crippen LogP contribution in [0.1, 0.15) is 13.8 Å². The van der Waals surface area contributed by atoms with E-state index in [9.17, 15) is 9.59 Å². The maximum Gasteiger partial charge on any atom is 0.315 e. The Labute approximate surface area is 107 Å². The van der Waals surface area contributed by atoms with Gasteiger partial charge in [0.05, 0.1) is 25.7 Å². The van der Waals surface area contributed by atoms with Crippen LogP contribution in [-0.4, -0.2) is 56.6 Å².